The Morgan fingerprint density at radius 1 is 1.18 bits per heavy atom. The normalized spacial score (nSPS) is 15.8. The summed E-state index contributed by atoms with van der Waals surface area (Å²) in [6, 6.07) is 0. The van der Waals surface area contributed by atoms with E-state index in [0.29, 0.717) is 19.3 Å². The van der Waals surface area contributed by atoms with Crippen molar-refractivity contribution in [3.05, 3.63) is 0 Å². The molecule has 0 radical (unpaired) electrons. The molecule has 0 saturated heterocycles. The van der Waals surface area contributed by atoms with Crippen LogP contribution in [0.5, 0.6) is 0 Å². The van der Waals surface area contributed by atoms with E-state index < -0.39 is 0 Å². The van der Waals surface area contributed by atoms with Gasteiger partial charge in [0.2, 0.25) is 11.8 Å². The Hall–Kier alpha value is -1.14. The van der Waals surface area contributed by atoms with Gasteiger partial charge >= 0.3 is 0 Å². The van der Waals surface area contributed by atoms with Crippen LogP contribution in [0.1, 0.15) is 25.7 Å². The van der Waals surface area contributed by atoms with Crippen LogP contribution < -0.4 is 16.4 Å². The molecule has 6 heteroatoms. The second-order valence-electron chi connectivity index (χ2n) is 4.11. The summed E-state index contributed by atoms with van der Waals surface area (Å²) in [7, 11) is 0. The van der Waals surface area contributed by atoms with Crippen molar-refractivity contribution in [2.45, 2.75) is 31.8 Å². The van der Waals surface area contributed by atoms with Crippen LogP contribution in [-0.4, -0.2) is 44.2 Å². The van der Waals surface area contributed by atoms with E-state index >= 15 is 0 Å². The minimum atomic E-state index is -0.331. The highest BCUT2D eigenvalue weighted by atomic mass is 16.5. The summed E-state index contributed by atoms with van der Waals surface area (Å²) in [6.45, 7) is 0.882. The number of ether oxygens (including phenoxy) is 1. The second kappa shape index (κ2) is 8.03. The fourth-order valence-electron chi connectivity index (χ4n) is 1.78. The van der Waals surface area contributed by atoms with Crippen LogP contribution in [0.3, 0.4) is 0 Å². The Labute approximate surface area is 101 Å². The van der Waals surface area contributed by atoms with Gasteiger partial charge in [-0.15, -0.1) is 0 Å². The summed E-state index contributed by atoms with van der Waals surface area (Å²) in [5.41, 5.74) is 5.09. The van der Waals surface area contributed by atoms with E-state index in [0.717, 1.165) is 12.8 Å². The SMILES string of the molecule is NCC(=O)NCC(=O)NCCOC1CCCC1. The van der Waals surface area contributed by atoms with Crippen molar-refractivity contribution >= 4 is 11.8 Å². The zero-order chi connectivity index (χ0) is 12.5. The molecule has 1 saturated carbocycles. The fourth-order valence-corrected chi connectivity index (χ4v) is 1.78. The monoisotopic (exact) mass is 243 g/mol. The first-order chi connectivity index (χ1) is 8.22. The molecule has 17 heavy (non-hydrogen) atoms. The molecule has 0 heterocycles. The molecule has 0 unspecified atom stereocenters. The Balaban J connectivity index is 1.94. The molecule has 0 atom stereocenters. The minimum Gasteiger partial charge on any atom is -0.376 e. The maximum absolute atomic E-state index is 11.2. The summed E-state index contributed by atoms with van der Waals surface area (Å²) in [6.07, 6.45) is 5.09. The summed E-state index contributed by atoms with van der Waals surface area (Å²) in [5, 5.41) is 5.06. The van der Waals surface area contributed by atoms with E-state index in [1.165, 1.54) is 12.8 Å². The van der Waals surface area contributed by atoms with Gasteiger partial charge in [0, 0.05) is 6.54 Å². The second-order valence-corrected chi connectivity index (χ2v) is 4.11. The largest absolute Gasteiger partial charge is 0.376 e. The Bertz CT molecular complexity index is 252. The Morgan fingerprint density at radius 3 is 2.53 bits per heavy atom. The van der Waals surface area contributed by atoms with Gasteiger partial charge in [-0.2, -0.15) is 0 Å². The van der Waals surface area contributed by atoms with Crippen LogP contribution in [0.2, 0.25) is 0 Å². The molecule has 0 bridgehead atoms. The number of nitrogens with one attached hydrogen (secondary N) is 2. The van der Waals surface area contributed by atoms with Gasteiger partial charge in [0.15, 0.2) is 0 Å². The van der Waals surface area contributed by atoms with Crippen LogP contribution in [0.25, 0.3) is 0 Å². The molecule has 1 aliphatic carbocycles. The maximum Gasteiger partial charge on any atom is 0.239 e. The molecule has 1 aliphatic rings. The Kier molecular flexibility index (Phi) is 6.57. The predicted octanol–water partition coefficient (Wildman–Crippen LogP) is -0.863. The molecule has 1 rings (SSSR count). The smallest absolute Gasteiger partial charge is 0.239 e. The third-order valence-electron chi connectivity index (χ3n) is 2.71. The van der Waals surface area contributed by atoms with Crippen LogP contribution in [0.4, 0.5) is 0 Å². The number of carbonyl (C=O) groups excluding carboxylic acids is 2. The van der Waals surface area contributed by atoms with E-state index in [1.54, 1.807) is 0 Å². The zero-order valence-corrected chi connectivity index (χ0v) is 10.0. The van der Waals surface area contributed by atoms with Gasteiger partial charge in [-0.25, -0.2) is 0 Å². The zero-order valence-electron chi connectivity index (χ0n) is 10.0. The number of hydrogen-bond acceptors (Lipinski definition) is 4. The lowest BCUT2D eigenvalue weighted by molar-refractivity contribution is -0.125. The van der Waals surface area contributed by atoms with Gasteiger partial charge in [-0.3, -0.25) is 9.59 Å². The highest BCUT2D eigenvalue weighted by Crippen LogP contribution is 2.20. The third-order valence-corrected chi connectivity index (χ3v) is 2.71. The first-order valence-corrected chi connectivity index (χ1v) is 6.07. The standard InChI is InChI=1S/C11H21N3O3/c12-7-10(15)14-8-11(16)13-5-6-17-9-3-1-2-4-9/h9H,1-8,12H2,(H,13,16)(H,14,15). The van der Waals surface area contributed by atoms with E-state index in [2.05, 4.69) is 10.6 Å². The Morgan fingerprint density at radius 2 is 1.88 bits per heavy atom. The molecule has 0 aromatic rings. The molecular weight excluding hydrogens is 222 g/mol. The lowest BCUT2D eigenvalue weighted by Crippen LogP contribution is -2.40. The first kappa shape index (κ1) is 13.9. The van der Waals surface area contributed by atoms with E-state index in [1.807, 2.05) is 0 Å². The quantitative estimate of drug-likeness (QED) is 0.507. The molecule has 98 valence electrons. The van der Waals surface area contributed by atoms with Crippen molar-refractivity contribution in [1.82, 2.24) is 10.6 Å². The van der Waals surface area contributed by atoms with Gasteiger partial charge in [0.05, 0.1) is 25.8 Å². The highest BCUT2D eigenvalue weighted by Gasteiger charge is 2.14. The van der Waals surface area contributed by atoms with Crippen LogP contribution in [-0.2, 0) is 14.3 Å². The molecule has 4 N–H and O–H groups in total. The van der Waals surface area contributed by atoms with E-state index in [4.69, 9.17) is 10.5 Å². The third kappa shape index (κ3) is 6.23. The van der Waals surface area contributed by atoms with Crippen molar-refractivity contribution < 1.29 is 14.3 Å². The lowest BCUT2D eigenvalue weighted by atomic mass is 10.3. The van der Waals surface area contributed by atoms with Gasteiger partial charge in [-0.1, -0.05) is 12.8 Å². The molecular formula is C11H21N3O3. The maximum atomic E-state index is 11.2. The molecule has 1 fully saturated rings. The summed E-state index contributed by atoms with van der Waals surface area (Å²) in [5.74, 6) is -0.552. The average molecular weight is 243 g/mol. The van der Waals surface area contributed by atoms with Crippen molar-refractivity contribution in [3.8, 4) is 0 Å². The van der Waals surface area contributed by atoms with Gasteiger partial charge < -0.3 is 21.1 Å². The van der Waals surface area contributed by atoms with Crippen LogP contribution >= 0.6 is 0 Å². The number of carbonyl (C=O) groups is 2. The number of hydrogen-bond donors (Lipinski definition) is 3. The molecule has 6 nitrogen and oxygen atoms in total. The summed E-state index contributed by atoms with van der Waals surface area (Å²) >= 11 is 0. The number of nitrogens with two attached hydrogens (primary N) is 1. The van der Waals surface area contributed by atoms with Crippen molar-refractivity contribution in [3.63, 3.8) is 0 Å². The first-order valence-electron chi connectivity index (χ1n) is 6.07. The van der Waals surface area contributed by atoms with Gasteiger partial charge in [0.25, 0.3) is 0 Å². The van der Waals surface area contributed by atoms with E-state index in [-0.39, 0.29) is 24.9 Å². The number of amides is 2. The molecule has 0 spiro atoms. The highest BCUT2D eigenvalue weighted by molar-refractivity contribution is 5.85. The van der Waals surface area contributed by atoms with Crippen LogP contribution in [0.15, 0.2) is 0 Å². The molecule has 2 amide bonds. The van der Waals surface area contributed by atoms with E-state index in [9.17, 15) is 9.59 Å². The predicted molar refractivity (Wildman–Crippen MR) is 63.3 cm³/mol. The van der Waals surface area contributed by atoms with Crippen LogP contribution in [0, 0.1) is 0 Å². The summed E-state index contributed by atoms with van der Waals surface area (Å²) < 4.78 is 5.58. The fraction of sp³-hybridized carbons (Fsp3) is 0.818. The molecule has 0 aliphatic heterocycles. The van der Waals surface area contributed by atoms with Crippen molar-refractivity contribution in [2.75, 3.05) is 26.2 Å². The average Bonchev–Trinajstić information content (AvgIpc) is 2.84. The number of rotatable bonds is 7. The van der Waals surface area contributed by atoms with Gasteiger partial charge in [0.1, 0.15) is 0 Å². The molecule has 0 aromatic carbocycles. The topological polar surface area (TPSA) is 93.5 Å². The summed E-state index contributed by atoms with van der Waals surface area (Å²) in [4.78, 5) is 22.0. The van der Waals surface area contributed by atoms with Crippen molar-refractivity contribution in [1.29, 1.82) is 0 Å². The minimum absolute atomic E-state index is 0.0283. The lowest BCUT2D eigenvalue weighted by Gasteiger charge is -2.11. The van der Waals surface area contributed by atoms with Gasteiger partial charge in [-0.05, 0) is 12.8 Å². The molecule has 0 aromatic heterocycles. The van der Waals surface area contributed by atoms with Crippen molar-refractivity contribution in [2.24, 2.45) is 5.73 Å².